The van der Waals surface area contributed by atoms with Gasteiger partial charge in [-0.25, -0.2) is 0 Å². The molecule has 0 atom stereocenters. The van der Waals surface area contributed by atoms with E-state index < -0.39 is 15.5 Å². The quantitative estimate of drug-likeness (QED) is 0.836. The number of hydrogen-bond donors (Lipinski definition) is 2. The normalized spacial score (nSPS) is 13.6. The summed E-state index contributed by atoms with van der Waals surface area (Å²) in [6.45, 7) is 9.86. The minimum atomic E-state index is -4.35. The molecule has 0 fully saturated rings. The van der Waals surface area contributed by atoms with E-state index in [9.17, 15) is 18.1 Å². The summed E-state index contributed by atoms with van der Waals surface area (Å²) in [5.41, 5.74) is -0.343. The Labute approximate surface area is 115 Å². The lowest BCUT2D eigenvalue weighted by Gasteiger charge is -2.34. The summed E-state index contributed by atoms with van der Waals surface area (Å²) >= 11 is 0. The molecule has 0 aliphatic carbocycles. The molecule has 0 spiro atoms. The highest BCUT2D eigenvalue weighted by Gasteiger charge is 2.34. The van der Waals surface area contributed by atoms with Crippen LogP contribution >= 0.6 is 0 Å². The minimum Gasteiger partial charge on any atom is -0.508 e. The van der Waals surface area contributed by atoms with Crippen LogP contribution < -0.4 is 0 Å². The molecule has 1 rings (SSSR count). The van der Waals surface area contributed by atoms with Crippen LogP contribution in [0.25, 0.3) is 0 Å². The van der Waals surface area contributed by atoms with E-state index in [1.807, 2.05) is 34.6 Å². The van der Waals surface area contributed by atoms with Crippen LogP contribution in [-0.2, 0) is 15.5 Å². The van der Waals surface area contributed by atoms with Gasteiger partial charge in [-0.15, -0.1) is 0 Å². The van der Waals surface area contributed by atoms with Gasteiger partial charge in [-0.1, -0.05) is 40.7 Å². The van der Waals surface area contributed by atoms with Crippen LogP contribution in [0.3, 0.4) is 0 Å². The van der Waals surface area contributed by atoms with E-state index in [1.165, 1.54) is 18.2 Å². The average molecular weight is 286 g/mol. The second-order valence-electron chi connectivity index (χ2n) is 6.75. The van der Waals surface area contributed by atoms with Gasteiger partial charge < -0.3 is 5.11 Å². The van der Waals surface area contributed by atoms with Crippen molar-refractivity contribution in [3.05, 3.63) is 23.8 Å². The van der Waals surface area contributed by atoms with Crippen molar-refractivity contribution in [2.45, 2.75) is 51.3 Å². The molecule has 5 heteroatoms. The Kier molecular flexibility index (Phi) is 4.04. The van der Waals surface area contributed by atoms with Crippen molar-refractivity contribution in [3.63, 3.8) is 0 Å². The van der Waals surface area contributed by atoms with E-state index in [2.05, 4.69) is 0 Å². The topological polar surface area (TPSA) is 74.6 Å². The number of benzene rings is 1. The van der Waals surface area contributed by atoms with Crippen LogP contribution in [0.2, 0.25) is 0 Å². The summed E-state index contributed by atoms with van der Waals surface area (Å²) in [5.74, 6) is -0.107. The predicted molar refractivity (Wildman–Crippen MR) is 75.0 cm³/mol. The van der Waals surface area contributed by atoms with Gasteiger partial charge in [0.1, 0.15) is 10.6 Å². The van der Waals surface area contributed by atoms with Gasteiger partial charge in [0.15, 0.2) is 0 Å². The van der Waals surface area contributed by atoms with Crippen LogP contribution in [0.5, 0.6) is 5.75 Å². The van der Waals surface area contributed by atoms with Crippen LogP contribution in [0, 0.1) is 5.41 Å². The maximum Gasteiger partial charge on any atom is 0.294 e. The third-order valence-corrected chi connectivity index (χ3v) is 3.83. The summed E-state index contributed by atoms with van der Waals surface area (Å²) in [6, 6.07) is 4.17. The van der Waals surface area contributed by atoms with E-state index in [-0.39, 0.29) is 21.6 Å². The first kappa shape index (κ1) is 16.0. The zero-order valence-corrected chi connectivity index (χ0v) is 12.9. The lowest BCUT2D eigenvalue weighted by atomic mass is 9.72. The molecule has 0 aliphatic heterocycles. The van der Waals surface area contributed by atoms with Crippen molar-refractivity contribution in [1.82, 2.24) is 0 Å². The van der Waals surface area contributed by atoms with Gasteiger partial charge in [0.2, 0.25) is 0 Å². The fourth-order valence-corrected chi connectivity index (χ4v) is 3.72. The van der Waals surface area contributed by atoms with E-state index in [1.54, 1.807) is 0 Å². The lowest BCUT2D eigenvalue weighted by Crippen LogP contribution is -2.27. The van der Waals surface area contributed by atoms with E-state index in [4.69, 9.17) is 0 Å². The standard InChI is InChI=1S/C14H22O4S/c1-13(2,3)9-14(4,5)12-10(15)7-6-8-11(12)19(16,17)18/h6-8,15H,9H2,1-5H3,(H,16,17,18). The summed E-state index contributed by atoms with van der Waals surface area (Å²) in [4.78, 5) is -0.221. The third-order valence-electron chi connectivity index (χ3n) is 2.93. The highest BCUT2D eigenvalue weighted by atomic mass is 32.2. The van der Waals surface area contributed by atoms with E-state index in [0.29, 0.717) is 6.42 Å². The Morgan fingerprint density at radius 2 is 1.63 bits per heavy atom. The first-order valence-corrected chi connectivity index (χ1v) is 7.58. The minimum absolute atomic E-state index is 0.0394. The molecule has 2 N–H and O–H groups in total. The lowest BCUT2D eigenvalue weighted by molar-refractivity contribution is 0.274. The summed E-state index contributed by atoms with van der Waals surface area (Å²) < 4.78 is 32.2. The van der Waals surface area contributed by atoms with Crippen molar-refractivity contribution in [3.8, 4) is 5.75 Å². The fraction of sp³-hybridized carbons (Fsp3) is 0.571. The smallest absolute Gasteiger partial charge is 0.294 e. The molecule has 108 valence electrons. The van der Waals surface area contributed by atoms with E-state index >= 15 is 0 Å². The molecule has 0 bridgehead atoms. The molecular weight excluding hydrogens is 264 g/mol. The Morgan fingerprint density at radius 3 is 2.05 bits per heavy atom. The van der Waals surface area contributed by atoms with Gasteiger partial charge in [0, 0.05) is 5.56 Å². The van der Waals surface area contributed by atoms with Crippen molar-refractivity contribution in [1.29, 1.82) is 0 Å². The second kappa shape index (κ2) is 4.80. The molecule has 0 saturated carbocycles. The summed E-state index contributed by atoms with van der Waals surface area (Å²) in [7, 11) is -4.35. The molecule has 0 amide bonds. The maximum absolute atomic E-state index is 11.5. The van der Waals surface area contributed by atoms with Crippen molar-refractivity contribution in [2.75, 3.05) is 0 Å². The molecule has 1 aromatic rings. The Hall–Kier alpha value is -1.07. The summed E-state index contributed by atoms with van der Waals surface area (Å²) in [5, 5.41) is 10.0. The molecule has 19 heavy (non-hydrogen) atoms. The summed E-state index contributed by atoms with van der Waals surface area (Å²) in [6.07, 6.45) is 0.667. The number of hydrogen-bond acceptors (Lipinski definition) is 3. The molecule has 0 saturated heterocycles. The van der Waals surface area contributed by atoms with Crippen LogP contribution in [0.15, 0.2) is 23.1 Å². The number of rotatable bonds is 3. The molecule has 0 unspecified atom stereocenters. The maximum atomic E-state index is 11.5. The average Bonchev–Trinajstić information content (AvgIpc) is 2.11. The Balaban J connectivity index is 3.50. The molecule has 0 heterocycles. The fourth-order valence-electron chi connectivity index (χ4n) is 2.83. The first-order chi connectivity index (χ1) is 8.34. The van der Waals surface area contributed by atoms with E-state index in [0.717, 1.165) is 0 Å². The SMILES string of the molecule is CC(C)(C)CC(C)(C)c1c(O)cccc1S(=O)(=O)O. The predicted octanol–water partition coefficient (Wildman–Crippen LogP) is 3.35. The van der Waals surface area contributed by atoms with Gasteiger partial charge in [0.05, 0.1) is 0 Å². The Morgan fingerprint density at radius 1 is 1.11 bits per heavy atom. The number of phenolic OH excluding ortho intramolecular Hbond substituents is 1. The second-order valence-corrected chi connectivity index (χ2v) is 8.14. The highest BCUT2D eigenvalue weighted by Crippen LogP contribution is 2.42. The van der Waals surface area contributed by atoms with Crippen LogP contribution in [0.1, 0.15) is 46.6 Å². The van der Waals surface area contributed by atoms with Crippen molar-refractivity contribution >= 4 is 10.1 Å². The van der Waals surface area contributed by atoms with Gasteiger partial charge in [-0.3, -0.25) is 4.55 Å². The highest BCUT2D eigenvalue weighted by molar-refractivity contribution is 7.85. The molecule has 4 nitrogen and oxygen atoms in total. The number of aromatic hydroxyl groups is 1. The molecule has 0 aliphatic rings. The molecule has 0 aromatic heterocycles. The van der Waals surface area contributed by atoms with Crippen LogP contribution in [-0.4, -0.2) is 18.1 Å². The Bertz CT molecular complexity index is 566. The number of phenols is 1. The van der Waals surface area contributed by atoms with Gasteiger partial charge in [-0.05, 0) is 29.4 Å². The van der Waals surface area contributed by atoms with Gasteiger partial charge in [0.25, 0.3) is 10.1 Å². The van der Waals surface area contributed by atoms with Crippen LogP contribution in [0.4, 0.5) is 0 Å². The van der Waals surface area contributed by atoms with Gasteiger partial charge >= 0.3 is 0 Å². The zero-order valence-electron chi connectivity index (χ0n) is 12.1. The molecule has 1 aromatic carbocycles. The van der Waals surface area contributed by atoms with Crippen molar-refractivity contribution in [2.24, 2.45) is 5.41 Å². The molecular formula is C14H22O4S. The third kappa shape index (κ3) is 3.94. The zero-order chi connectivity index (χ0) is 15.1. The molecule has 0 radical (unpaired) electrons. The first-order valence-electron chi connectivity index (χ1n) is 6.14. The van der Waals surface area contributed by atoms with Crippen molar-refractivity contribution < 1.29 is 18.1 Å². The largest absolute Gasteiger partial charge is 0.508 e. The van der Waals surface area contributed by atoms with Gasteiger partial charge in [-0.2, -0.15) is 8.42 Å². The monoisotopic (exact) mass is 286 g/mol.